The predicted octanol–water partition coefficient (Wildman–Crippen LogP) is 4.89. The van der Waals surface area contributed by atoms with Gasteiger partial charge in [-0.1, -0.05) is 12.1 Å². The van der Waals surface area contributed by atoms with Gasteiger partial charge in [0.05, 0.1) is 42.0 Å². The highest BCUT2D eigenvalue weighted by Gasteiger charge is 2.28. The van der Waals surface area contributed by atoms with Crippen LogP contribution < -0.4 is 10.6 Å². The SMILES string of the molecule is Cc1ccn2c(-c3ccc(Nc4ccc(C5CCOC5)c(CN(C)CC(F)F)n4)c4c3CNC4=O)cnc2c1. The zero-order chi connectivity index (χ0) is 27.1. The van der Waals surface area contributed by atoms with E-state index in [4.69, 9.17) is 9.72 Å². The van der Waals surface area contributed by atoms with Crippen molar-refractivity contribution >= 4 is 23.1 Å². The zero-order valence-electron chi connectivity index (χ0n) is 21.9. The highest BCUT2D eigenvalue weighted by atomic mass is 19.3. The molecule has 10 heteroatoms. The molecule has 0 saturated carbocycles. The Kier molecular flexibility index (Phi) is 6.74. The molecule has 0 aliphatic carbocycles. The number of carbonyl (C=O) groups excluding carboxylic acids is 1. The molecule has 8 nitrogen and oxygen atoms in total. The largest absolute Gasteiger partial charge is 0.381 e. The fourth-order valence-corrected chi connectivity index (χ4v) is 5.53. The highest BCUT2D eigenvalue weighted by Crippen LogP contribution is 2.36. The number of hydrogen-bond donors (Lipinski definition) is 2. The number of fused-ring (bicyclic) bond motifs is 2. The summed E-state index contributed by atoms with van der Waals surface area (Å²) in [7, 11) is 1.67. The average molecular weight is 533 g/mol. The second-order valence-electron chi connectivity index (χ2n) is 10.3. The Morgan fingerprint density at radius 1 is 1.26 bits per heavy atom. The van der Waals surface area contributed by atoms with E-state index < -0.39 is 6.43 Å². The standard InChI is InChI=1S/C29H30F2N6O2/c1-17-7-9-37-24(13-32-27(37)11-17)20-3-5-22(28-21(20)12-33-29(28)38)34-26-6-4-19(18-8-10-39-16-18)23(35-26)14-36(2)15-25(30)31/h3-7,9,11,13,18,25H,8,10,12,14-16H2,1-2H3,(H,33,38)(H,34,35). The molecule has 2 aliphatic rings. The molecule has 1 fully saturated rings. The van der Waals surface area contributed by atoms with Gasteiger partial charge in [0.15, 0.2) is 0 Å². The maximum absolute atomic E-state index is 13.0. The minimum Gasteiger partial charge on any atom is -0.381 e. The number of hydrogen-bond acceptors (Lipinski definition) is 6. The number of nitrogens with one attached hydrogen (secondary N) is 2. The lowest BCUT2D eigenvalue weighted by Gasteiger charge is -2.21. The van der Waals surface area contributed by atoms with Gasteiger partial charge in [-0.3, -0.25) is 14.1 Å². The summed E-state index contributed by atoms with van der Waals surface area (Å²) >= 11 is 0. The monoisotopic (exact) mass is 532 g/mol. The van der Waals surface area contributed by atoms with Gasteiger partial charge in [0, 0.05) is 37.4 Å². The normalized spacial score (nSPS) is 16.9. The lowest BCUT2D eigenvalue weighted by molar-refractivity contribution is 0.0961. The number of halogens is 2. The van der Waals surface area contributed by atoms with E-state index >= 15 is 0 Å². The van der Waals surface area contributed by atoms with E-state index in [9.17, 15) is 13.6 Å². The first kappa shape index (κ1) is 25.4. The van der Waals surface area contributed by atoms with Crippen LogP contribution in [0.4, 0.5) is 20.3 Å². The maximum atomic E-state index is 13.0. The summed E-state index contributed by atoms with van der Waals surface area (Å²) < 4.78 is 33.6. The average Bonchev–Trinajstić information content (AvgIpc) is 3.65. The summed E-state index contributed by atoms with van der Waals surface area (Å²) in [6.45, 7) is 3.67. The maximum Gasteiger partial charge on any atom is 0.254 e. The van der Waals surface area contributed by atoms with Gasteiger partial charge >= 0.3 is 0 Å². The van der Waals surface area contributed by atoms with Crippen molar-refractivity contribution in [3.8, 4) is 11.3 Å². The summed E-state index contributed by atoms with van der Waals surface area (Å²) in [6, 6.07) is 11.8. The molecule has 4 aromatic rings. The van der Waals surface area contributed by atoms with E-state index in [2.05, 4.69) is 15.6 Å². The van der Waals surface area contributed by atoms with Gasteiger partial charge in [0.1, 0.15) is 11.5 Å². The first-order valence-electron chi connectivity index (χ1n) is 13.1. The molecule has 202 valence electrons. The molecule has 39 heavy (non-hydrogen) atoms. The van der Waals surface area contributed by atoms with Crippen molar-refractivity contribution in [2.75, 3.05) is 32.1 Å². The predicted molar refractivity (Wildman–Crippen MR) is 145 cm³/mol. The molecule has 3 aromatic heterocycles. The lowest BCUT2D eigenvalue weighted by atomic mass is 9.96. The number of anilines is 2. The van der Waals surface area contributed by atoms with Crippen LogP contribution in [-0.2, 0) is 17.8 Å². The molecular weight excluding hydrogens is 502 g/mol. The topological polar surface area (TPSA) is 83.8 Å². The quantitative estimate of drug-likeness (QED) is 0.336. The van der Waals surface area contributed by atoms with Crippen LogP contribution in [0.1, 0.15) is 45.1 Å². The Bertz CT molecular complexity index is 1550. The number of benzene rings is 1. The molecule has 1 atom stereocenters. The zero-order valence-corrected chi connectivity index (χ0v) is 21.9. The van der Waals surface area contributed by atoms with Gasteiger partial charge in [-0.2, -0.15) is 0 Å². The van der Waals surface area contributed by atoms with E-state index in [1.54, 1.807) is 11.9 Å². The Hall–Kier alpha value is -3.89. The molecule has 0 radical (unpaired) electrons. The van der Waals surface area contributed by atoms with Crippen LogP contribution in [0.2, 0.25) is 0 Å². The number of amides is 1. The molecule has 1 unspecified atom stereocenters. The van der Waals surface area contributed by atoms with E-state index in [0.29, 0.717) is 36.8 Å². The van der Waals surface area contributed by atoms with Crippen molar-refractivity contribution < 1.29 is 18.3 Å². The van der Waals surface area contributed by atoms with Crippen LogP contribution >= 0.6 is 0 Å². The minimum atomic E-state index is -2.42. The van der Waals surface area contributed by atoms with Gasteiger partial charge in [0.25, 0.3) is 12.3 Å². The second-order valence-corrected chi connectivity index (χ2v) is 10.3. The number of nitrogens with zero attached hydrogens (tertiary/aromatic N) is 4. The van der Waals surface area contributed by atoms with Crippen LogP contribution in [0.25, 0.3) is 16.9 Å². The minimum absolute atomic E-state index is 0.157. The van der Waals surface area contributed by atoms with E-state index in [-0.39, 0.29) is 24.9 Å². The molecule has 1 aromatic carbocycles. The van der Waals surface area contributed by atoms with Crippen molar-refractivity contribution in [2.45, 2.75) is 38.8 Å². The van der Waals surface area contributed by atoms with E-state index in [0.717, 1.165) is 45.7 Å². The van der Waals surface area contributed by atoms with Crippen molar-refractivity contribution in [1.29, 1.82) is 0 Å². The molecule has 2 N–H and O–H groups in total. The number of carbonyl (C=O) groups is 1. The molecule has 0 bridgehead atoms. The molecule has 5 heterocycles. The van der Waals surface area contributed by atoms with Crippen molar-refractivity contribution in [1.82, 2.24) is 24.6 Å². The molecule has 2 aliphatic heterocycles. The van der Waals surface area contributed by atoms with Gasteiger partial charge in [0.2, 0.25) is 0 Å². The van der Waals surface area contributed by atoms with Gasteiger partial charge < -0.3 is 15.4 Å². The third kappa shape index (κ3) is 4.97. The first-order chi connectivity index (χ1) is 18.9. The Balaban J connectivity index is 1.35. The fourth-order valence-electron chi connectivity index (χ4n) is 5.53. The molecule has 6 rings (SSSR count). The fraction of sp³-hybridized carbons (Fsp3) is 0.345. The summed E-state index contributed by atoms with van der Waals surface area (Å²) in [5, 5.41) is 6.28. The van der Waals surface area contributed by atoms with Crippen LogP contribution in [0.3, 0.4) is 0 Å². The van der Waals surface area contributed by atoms with Crippen molar-refractivity contribution in [3.63, 3.8) is 0 Å². The number of ether oxygens (including phenoxy) is 1. The number of rotatable bonds is 8. The Labute approximate surface area is 225 Å². The molecular formula is C29H30F2N6O2. The summed E-state index contributed by atoms with van der Waals surface area (Å²) in [6.07, 6.45) is 2.27. The molecule has 1 saturated heterocycles. The number of alkyl halides is 2. The number of imidazole rings is 1. The third-order valence-electron chi connectivity index (χ3n) is 7.42. The molecule has 1 amide bonds. The molecule has 0 spiro atoms. The Morgan fingerprint density at radius 3 is 2.92 bits per heavy atom. The highest BCUT2D eigenvalue weighted by molar-refractivity contribution is 6.06. The van der Waals surface area contributed by atoms with Crippen LogP contribution in [0.15, 0.2) is 48.8 Å². The van der Waals surface area contributed by atoms with Gasteiger partial charge in [-0.15, -0.1) is 0 Å². The second kappa shape index (κ2) is 10.3. The number of aromatic nitrogens is 3. The van der Waals surface area contributed by atoms with E-state index in [1.165, 1.54) is 0 Å². The third-order valence-corrected chi connectivity index (χ3v) is 7.42. The summed E-state index contributed by atoms with van der Waals surface area (Å²) in [5.41, 5.74) is 7.67. The van der Waals surface area contributed by atoms with Crippen molar-refractivity contribution in [2.24, 2.45) is 0 Å². The smallest absolute Gasteiger partial charge is 0.254 e. The Morgan fingerprint density at radius 2 is 2.13 bits per heavy atom. The number of pyridine rings is 2. The van der Waals surface area contributed by atoms with Crippen LogP contribution in [0, 0.1) is 6.92 Å². The van der Waals surface area contributed by atoms with Crippen molar-refractivity contribution in [3.05, 3.63) is 76.7 Å². The van der Waals surface area contributed by atoms with Crippen LogP contribution in [0.5, 0.6) is 0 Å². The van der Waals surface area contributed by atoms with Crippen LogP contribution in [-0.4, -0.2) is 58.4 Å². The first-order valence-corrected chi connectivity index (χ1v) is 13.1. The van der Waals surface area contributed by atoms with Gasteiger partial charge in [-0.25, -0.2) is 18.7 Å². The summed E-state index contributed by atoms with van der Waals surface area (Å²) in [4.78, 5) is 23.9. The summed E-state index contributed by atoms with van der Waals surface area (Å²) in [5.74, 6) is 0.582. The van der Waals surface area contributed by atoms with E-state index in [1.807, 2.05) is 60.1 Å². The number of aryl methyl sites for hydroxylation is 1. The lowest BCUT2D eigenvalue weighted by Crippen LogP contribution is -2.25. The van der Waals surface area contributed by atoms with Gasteiger partial charge in [-0.05, 0) is 61.3 Å².